The molecule has 0 aliphatic carbocycles. The zero-order chi connectivity index (χ0) is 57.0. The molecule has 86 heavy (non-hydrogen) atoms. The summed E-state index contributed by atoms with van der Waals surface area (Å²) < 4.78 is 9.39. The van der Waals surface area contributed by atoms with Crippen molar-refractivity contribution in [3.63, 3.8) is 0 Å². The lowest BCUT2D eigenvalue weighted by Gasteiger charge is -2.26. The van der Waals surface area contributed by atoms with Crippen LogP contribution < -0.4 is 0 Å². The van der Waals surface area contributed by atoms with Gasteiger partial charge < -0.3 is 9.13 Å². The number of hydrogen-bond donors (Lipinski definition) is 0. The molecule has 13 aromatic carbocycles. The topological polar surface area (TPSA) is 38.0 Å². The van der Waals surface area contributed by atoms with Gasteiger partial charge in [-0.1, -0.05) is 237 Å². The Bertz CT molecular complexity index is 5420. The molecule has 4 nitrogen and oxygen atoms in total. The van der Waals surface area contributed by atoms with Crippen LogP contribution in [0.25, 0.3) is 167 Å². The van der Waals surface area contributed by atoms with Gasteiger partial charge in [-0.15, -0.1) is 22.7 Å². The minimum Gasteiger partial charge on any atom is -0.318 e. The molecule has 0 radical (unpaired) electrons. The molecular formula is C80H46N4S2. The van der Waals surface area contributed by atoms with Crippen LogP contribution in [0.15, 0.2) is 279 Å². The molecular weight excluding hydrogens is 1080 g/mol. The number of thiophene rings is 2. The molecule has 17 rings (SSSR count). The van der Waals surface area contributed by atoms with Crippen molar-refractivity contribution in [3.8, 4) is 84.2 Å². The summed E-state index contributed by atoms with van der Waals surface area (Å²) in [5.74, 6) is 0. The van der Waals surface area contributed by atoms with E-state index in [1.165, 1.54) is 31.3 Å². The number of aromatic nitrogens is 2. The third-order valence-corrected chi connectivity index (χ3v) is 19.7. The second-order valence-electron chi connectivity index (χ2n) is 22.0. The van der Waals surface area contributed by atoms with E-state index < -0.39 is 0 Å². The van der Waals surface area contributed by atoms with Gasteiger partial charge in [-0.3, -0.25) is 0 Å². The quantitative estimate of drug-likeness (QED) is 0.140. The molecule has 0 N–H and O–H groups in total. The van der Waals surface area contributed by atoms with Crippen molar-refractivity contribution in [2.45, 2.75) is 0 Å². The van der Waals surface area contributed by atoms with Crippen LogP contribution >= 0.6 is 22.7 Å². The van der Waals surface area contributed by atoms with Gasteiger partial charge in [0.15, 0.2) is 0 Å². The first kappa shape index (κ1) is 49.5. The molecule has 0 saturated carbocycles. The van der Waals surface area contributed by atoms with E-state index in [-0.39, 0.29) is 0 Å². The molecule has 0 aliphatic rings. The first-order valence-corrected chi connectivity index (χ1v) is 30.5. The molecule has 0 saturated heterocycles. The molecule has 0 fully saturated rings. The molecule has 0 amide bonds. The lowest BCUT2D eigenvalue weighted by Crippen LogP contribution is -2.09. The molecule has 0 aliphatic heterocycles. The van der Waals surface area contributed by atoms with Crippen LogP contribution in [0.5, 0.6) is 0 Å². The number of para-hydroxylation sites is 2. The zero-order valence-corrected chi connectivity index (χ0v) is 47.8. The Labute approximate surface area is 503 Å². The van der Waals surface area contributed by atoms with Crippen molar-refractivity contribution in [2.75, 3.05) is 0 Å². The van der Waals surface area contributed by atoms with E-state index in [2.05, 4.69) is 282 Å². The molecule has 4 aromatic heterocycles. The first-order chi connectivity index (χ1) is 42.6. The standard InChI is InChI=1S/C80H46N4S2/c1-82-74-70(56-46-54(49-23-7-2-8-24-49)45-55(47-56)50-25-9-3-10-26-50)65(48-81)75(71(53-31-15-6-16-32-53)78(74)83-66-37-19-17-33-59(66)60-34-18-20-38-67(60)83)84-76-61(41-43-63-72-57(51-27-11-4-12-28-51)35-21-39-68(72)85-79(63)76)62-42-44-64-73-58(52-29-13-5-14-30-52)36-22-40-69(73)86-80(64)77(62)84/h2-47H. The summed E-state index contributed by atoms with van der Waals surface area (Å²) in [6.07, 6.45) is 0. The molecule has 6 heteroatoms. The van der Waals surface area contributed by atoms with Crippen LogP contribution in [-0.4, -0.2) is 9.13 Å². The molecule has 0 spiro atoms. The van der Waals surface area contributed by atoms with Gasteiger partial charge in [-0.05, 0) is 98.1 Å². The van der Waals surface area contributed by atoms with Gasteiger partial charge in [-0.25, -0.2) is 4.85 Å². The highest BCUT2D eigenvalue weighted by Crippen LogP contribution is 2.56. The highest BCUT2D eigenvalue weighted by Gasteiger charge is 2.34. The molecule has 398 valence electrons. The summed E-state index contributed by atoms with van der Waals surface area (Å²) in [5.41, 5.74) is 17.9. The molecule has 17 aromatic rings. The molecule has 0 bridgehead atoms. The fourth-order valence-corrected chi connectivity index (χ4v) is 16.3. The monoisotopic (exact) mass is 1130 g/mol. The Kier molecular flexibility index (Phi) is 11.4. The second kappa shape index (κ2) is 19.8. The highest BCUT2D eigenvalue weighted by atomic mass is 32.1. The van der Waals surface area contributed by atoms with E-state index in [0.29, 0.717) is 28.2 Å². The van der Waals surface area contributed by atoms with E-state index in [1.54, 1.807) is 0 Å². The molecule has 0 atom stereocenters. The minimum absolute atomic E-state index is 0.389. The van der Waals surface area contributed by atoms with Crippen LogP contribution in [0.2, 0.25) is 0 Å². The number of rotatable bonds is 8. The Morgan fingerprint density at radius 3 is 1.20 bits per heavy atom. The molecule has 0 unspecified atom stereocenters. The largest absolute Gasteiger partial charge is 0.318 e. The average molecular weight is 1130 g/mol. The van der Waals surface area contributed by atoms with E-state index in [4.69, 9.17) is 4.85 Å². The van der Waals surface area contributed by atoms with Gasteiger partial charge >= 0.3 is 0 Å². The summed E-state index contributed by atoms with van der Waals surface area (Å²) in [6, 6.07) is 102. The highest BCUT2D eigenvalue weighted by molar-refractivity contribution is 7.27. The van der Waals surface area contributed by atoms with Crippen LogP contribution in [0, 0.1) is 17.9 Å². The summed E-state index contributed by atoms with van der Waals surface area (Å²) in [5, 5.41) is 21.8. The lowest BCUT2D eigenvalue weighted by atomic mass is 9.86. The Morgan fingerprint density at radius 2 is 0.744 bits per heavy atom. The number of fused-ring (bicyclic) bond motifs is 14. The number of benzene rings is 13. The maximum atomic E-state index is 12.8. The number of nitrogens with zero attached hydrogens (tertiary/aromatic N) is 4. The fourth-order valence-electron chi connectivity index (χ4n) is 13.7. The summed E-state index contributed by atoms with van der Waals surface area (Å²) in [7, 11) is 0. The van der Waals surface area contributed by atoms with Crippen LogP contribution in [0.1, 0.15) is 5.56 Å². The summed E-state index contributed by atoms with van der Waals surface area (Å²) >= 11 is 3.62. The second-order valence-corrected chi connectivity index (χ2v) is 24.1. The van der Waals surface area contributed by atoms with E-state index in [9.17, 15) is 11.8 Å². The van der Waals surface area contributed by atoms with Gasteiger partial charge in [0.25, 0.3) is 0 Å². The van der Waals surface area contributed by atoms with Crippen molar-refractivity contribution in [2.24, 2.45) is 0 Å². The maximum Gasteiger partial charge on any atom is 0.220 e. The zero-order valence-electron chi connectivity index (χ0n) is 46.2. The average Bonchev–Trinajstić information content (AvgIpc) is 1.49. The van der Waals surface area contributed by atoms with Crippen molar-refractivity contribution < 1.29 is 0 Å². The van der Waals surface area contributed by atoms with Crippen molar-refractivity contribution in [1.29, 1.82) is 5.26 Å². The maximum absolute atomic E-state index is 12.8. The van der Waals surface area contributed by atoms with Crippen LogP contribution in [0.3, 0.4) is 0 Å². The number of hydrogen-bond acceptors (Lipinski definition) is 3. The minimum atomic E-state index is 0.389. The van der Waals surface area contributed by atoms with E-state index in [0.717, 1.165) is 114 Å². The normalized spacial score (nSPS) is 11.7. The molecule has 4 heterocycles. The summed E-state index contributed by atoms with van der Waals surface area (Å²) in [6.45, 7) is 9.79. The van der Waals surface area contributed by atoms with Crippen LogP contribution in [-0.2, 0) is 0 Å². The van der Waals surface area contributed by atoms with Gasteiger partial charge in [0.2, 0.25) is 5.69 Å². The van der Waals surface area contributed by atoms with Crippen molar-refractivity contribution >= 4 is 112 Å². The van der Waals surface area contributed by atoms with Crippen LogP contribution in [0.4, 0.5) is 5.69 Å². The summed E-state index contributed by atoms with van der Waals surface area (Å²) in [4.78, 5) is 4.77. The van der Waals surface area contributed by atoms with E-state index in [1.807, 2.05) is 34.8 Å². The Morgan fingerprint density at radius 1 is 0.337 bits per heavy atom. The smallest absolute Gasteiger partial charge is 0.220 e. The van der Waals surface area contributed by atoms with Gasteiger partial charge in [-0.2, -0.15) is 5.26 Å². The van der Waals surface area contributed by atoms with Gasteiger partial charge in [0.1, 0.15) is 6.07 Å². The lowest BCUT2D eigenvalue weighted by molar-refractivity contribution is 1.14. The predicted molar refractivity (Wildman–Crippen MR) is 364 cm³/mol. The van der Waals surface area contributed by atoms with E-state index >= 15 is 0 Å². The fraction of sp³-hybridized carbons (Fsp3) is 0. The van der Waals surface area contributed by atoms with Crippen molar-refractivity contribution in [1.82, 2.24) is 9.13 Å². The van der Waals surface area contributed by atoms with Crippen molar-refractivity contribution in [3.05, 3.63) is 296 Å². The first-order valence-electron chi connectivity index (χ1n) is 28.8. The van der Waals surface area contributed by atoms with Gasteiger partial charge in [0.05, 0.1) is 55.0 Å². The SMILES string of the molecule is [C-]#[N+]c1c(-c2cc(-c3ccccc3)cc(-c3ccccc3)c2)c(C#N)c(-n2c3c(ccc4c3sc3cccc(-c5ccccc5)c34)c3ccc4c(sc5cccc(-c6ccccc6)c54)c32)c(-c2ccccc2)c1-n1c2ccccc2c2ccccc21. The van der Waals surface area contributed by atoms with Gasteiger partial charge in [0, 0.05) is 63.6 Å². The number of nitriles is 1. The predicted octanol–water partition coefficient (Wildman–Crippen LogP) is 23.0. The Balaban J connectivity index is 1.15. The third-order valence-electron chi connectivity index (χ3n) is 17.4. The Hall–Kier alpha value is -11.1. The third kappa shape index (κ3) is 7.45.